The van der Waals surface area contributed by atoms with Gasteiger partial charge in [-0.15, -0.1) is 22.7 Å². The molecule has 8 heteroatoms. The lowest BCUT2D eigenvalue weighted by Crippen LogP contribution is -2.30. The molecule has 1 atom stereocenters. The summed E-state index contributed by atoms with van der Waals surface area (Å²) in [6, 6.07) is 17.1. The molecule has 29 heavy (non-hydrogen) atoms. The number of rotatable bonds is 5. The second-order valence-corrected chi connectivity index (χ2v) is 8.28. The summed E-state index contributed by atoms with van der Waals surface area (Å²) in [5, 5.41) is 3.24. The number of aromatic nitrogens is 1. The van der Waals surface area contributed by atoms with Crippen LogP contribution in [0.2, 0.25) is 0 Å². The highest BCUT2D eigenvalue weighted by atomic mass is 32.1. The molecule has 0 bridgehead atoms. The van der Waals surface area contributed by atoms with E-state index < -0.39 is 23.8 Å². The Bertz CT molecular complexity index is 1170. The van der Waals surface area contributed by atoms with E-state index in [4.69, 9.17) is 4.74 Å². The maximum absolute atomic E-state index is 13.7. The summed E-state index contributed by atoms with van der Waals surface area (Å²) in [7, 11) is 0. The number of amides is 1. The first-order valence-electron chi connectivity index (χ1n) is 8.73. The summed E-state index contributed by atoms with van der Waals surface area (Å²) in [6.45, 7) is 1.44. The molecule has 0 aliphatic rings. The number of ether oxygens (including phenoxy) is 1. The van der Waals surface area contributed by atoms with E-state index in [9.17, 15) is 14.0 Å². The van der Waals surface area contributed by atoms with Crippen LogP contribution >= 0.6 is 22.7 Å². The van der Waals surface area contributed by atoms with Crippen molar-refractivity contribution in [3.05, 3.63) is 71.4 Å². The van der Waals surface area contributed by atoms with Crippen LogP contribution in [0, 0.1) is 5.82 Å². The van der Waals surface area contributed by atoms with Gasteiger partial charge in [-0.05, 0) is 43.3 Å². The van der Waals surface area contributed by atoms with Crippen molar-refractivity contribution in [1.82, 2.24) is 4.98 Å². The highest BCUT2D eigenvalue weighted by Crippen LogP contribution is 2.34. The van der Waals surface area contributed by atoms with E-state index in [1.165, 1.54) is 36.5 Å². The van der Waals surface area contributed by atoms with Gasteiger partial charge in [0.25, 0.3) is 5.91 Å². The zero-order valence-corrected chi connectivity index (χ0v) is 16.9. The number of para-hydroxylation sites is 2. The molecule has 0 aliphatic heterocycles. The molecule has 0 spiro atoms. The van der Waals surface area contributed by atoms with E-state index in [0.29, 0.717) is 4.88 Å². The highest BCUT2D eigenvalue weighted by Gasteiger charge is 2.21. The normalized spacial score (nSPS) is 11.9. The van der Waals surface area contributed by atoms with E-state index in [0.717, 1.165) is 20.1 Å². The molecule has 2 aromatic heterocycles. The van der Waals surface area contributed by atoms with Crippen LogP contribution in [-0.4, -0.2) is 23.0 Å². The molecule has 4 rings (SSSR count). The summed E-state index contributed by atoms with van der Waals surface area (Å²) >= 11 is 2.80. The Morgan fingerprint density at radius 3 is 2.59 bits per heavy atom. The Hall–Kier alpha value is -3.10. The molecule has 5 nitrogen and oxygen atoms in total. The van der Waals surface area contributed by atoms with Crippen LogP contribution in [0.3, 0.4) is 0 Å². The van der Waals surface area contributed by atoms with Crippen molar-refractivity contribution < 1.29 is 18.7 Å². The van der Waals surface area contributed by atoms with Crippen LogP contribution in [0.4, 0.5) is 10.1 Å². The van der Waals surface area contributed by atoms with E-state index in [1.807, 2.05) is 30.3 Å². The number of nitrogens with zero attached hydrogens (tertiary/aromatic N) is 1. The van der Waals surface area contributed by atoms with Crippen LogP contribution in [0.25, 0.3) is 20.1 Å². The number of hydrogen-bond acceptors (Lipinski definition) is 6. The van der Waals surface area contributed by atoms with Crippen LogP contribution < -0.4 is 5.32 Å². The third-order valence-electron chi connectivity index (χ3n) is 4.10. The number of halogens is 1. The first kappa shape index (κ1) is 19.2. The van der Waals surface area contributed by atoms with Crippen molar-refractivity contribution in [3.63, 3.8) is 0 Å². The topological polar surface area (TPSA) is 68.3 Å². The minimum Gasteiger partial charge on any atom is -0.448 e. The Morgan fingerprint density at radius 2 is 1.79 bits per heavy atom. The average molecular weight is 426 g/mol. The number of carbonyl (C=O) groups excluding carboxylic acids is 2. The lowest BCUT2D eigenvalue weighted by atomic mass is 10.3. The molecule has 2 heterocycles. The van der Waals surface area contributed by atoms with Gasteiger partial charge < -0.3 is 10.1 Å². The fraction of sp³-hybridized carbons (Fsp3) is 0.0952. The second kappa shape index (κ2) is 8.10. The van der Waals surface area contributed by atoms with Gasteiger partial charge in [0.2, 0.25) is 0 Å². The third-order valence-corrected chi connectivity index (χ3v) is 6.37. The molecule has 146 valence electrons. The van der Waals surface area contributed by atoms with Gasteiger partial charge in [-0.3, -0.25) is 4.79 Å². The van der Waals surface area contributed by atoms with Gasteiger partial charge >= 0.3 is 5.97 Å². The van der Waals surface area contributed by atoms with Gasteiger partial charge in [0.1, 0.15) is 15.7 Å². The lowest BCUT2D eigenvalue weighted by molar-refractivity contribution is -0.123. The molecule has 1 amide bonds. The maximum Gasteiger partial charge on any atom is 0.349 e. The van der Waals surface area contributed by atoms with Crippen molar-refractivity contribution in [3.8, 4) is 9.88 Å². The van der Waals surface area contributed by atoms with Crippen molar-refractivity contribution in [2.75, 3.05) is 5.32 Å². The summed E-state index contributed by atoms with van der Waals surface area (Å²) < 4.78 is 20.0. The zero-order chi connectivity index (χ0) is 20.4. The van der Waals surface area contributed by atoms with E-state index >= 15 is 0 Å². The molecule has 0 saturated heterocycles. The van der Waals surface area contributed by atoms with Gasteiger partial charge in [0.05, 0.1) is 20.8 Å². The van der Waals surface area contributed by atoms with Crippen molar-refractivity contribution in [1.29, 1.82) is 0 Å². The fourth-order valence-corrected chi connectivity index (χ4v) is 4.52. The number of anilines is 1. The van der Waals surface area contributed by atoms with E-state index in [1.54, 1.807) is 23.5 Å². The second-order valence-electron chi connectivity index (χ2n) is 6.17. The molecule has 0 saturated carbocycles. The fourth-order valence-electron chi connectivity index (χ4n) is 2.61. The SMILES string of the molecule is CC(OC(=O)c1ccc(-c2nc3ccccc3s2)s1)C(=O)Nc1ccccc1F. The number of thiazole rings is 1. The van der Waals surface area contributed by atoms with Gasteiger partial charge in [-0.25, -0.2) is 14.2 Å². The minimum absolute atomic E-state index is 0.0367. The van der Waals surface area contributed by atoms with Gasteiger partial charge in [-0.1, -0.05) is 24.3 Å². The quantitative estimate of drug-likeness (QED) is 0.437. The monoisotopic (exact) mass is 426 g/mol. The summed E-state index contributed by atoms with van der Waals surface area (Å²) in [4.78, 5) is 30.4. The largest absolute Gasteiger partial charge is 0.448 e. The Balaban J connectivity index is 1.43. The van der Waals surface area contributed by atoms with Crippen molar-refractivity contribution in [2.45, 2.75) is 13.0 Å². The van der Waals surface area contributed by atoms with Gasteiger partial charge in [-0.2, -0.15) is 0 Å². The maximum atomic E-state index is 13.7. The van der Waals surface area contributed by atoms with Crippen LogP contribution in [0.1, 0.15) is 16.6 Å². The number of benzene rings is 2. The molecular formula is C21H15FN2O3S2. The predicted molar refractivity (Wildman–Crippen MR) is 113 cm³/mol. The Kier molecular flexibility index (Phi) is 5.37. The third kappa shape index (κ3) is 4.18. The molecule has 0 fully saturated rings. The highest BCUT2D eigenvalue weighted by molar-refractivity contribution is 7.26. The molecule has 1 unspecified atom stereocenters. The Labute approximate surface area is 173 Å². The molecular weight excluding hydrogens is 411 g/mol. The van der Waals surface area contributed by atoms with Gasteiger partial charge in [0, 0.05) is 0 Å². The summed E-state index contributed by atoms with van der Waals surface area (Å²) in [6.07, 6.45) is -1.07. The van der Waals surface area contributed by atoms with Crippen LogP contribution in [0.5, 0.6) is 0 Å². The van der Waals surface area contributed by atoms with Gasteiger partial charge in [0.15, 0.2) is 6.10 Å². The standard InChI is InChI=1S/C21H15FN2O3S2/c1-12(19(25)23-14-7-3-2-6-13(14)22)27-21(26)18-11-10-17(28-18)20-24-15-8-4-5-9-16(15)29-20/h2-12H,1H3,(H,23,25). The van der Waals surface area contributed by atoms with Crippen molar-refractivity contribution in [2.24, 2.45) is 0 Å². The number of hydrogen-bond donors (Lipinski definition) is 1. The van der Waals surface area contributed by atoms with Crippen molar-refractivity contribution >= 4 is 50.5 Å². The van der Waals surface area contributed by atoms with Crippen LogP contribution in [0.15, 0.2) is 60.7 Å². The number of fused-ring (bicyclic) bond motifs is 1. The molecule has 0 aliphatic carbocycles. The Morgan fingerprint density at radius 1 is 1.03 bits per heavy atom. The smallest absolute Gasteiger partial charge is 0.349 e. The minimum atomic E-state index is -1.07. The molecule has 4 aromatic rings. The molecule has 2 aromatic carbocycles. The molecule has 0 radical (unpaired) electrons. The number of thiophene rings is 1. The summed E-state index contributed by atoms with van der Waals surface area (Å²) in [5.41, 5.74) is 0.943. The first-order valence-corrected chi connectivity index (χ1v) is 10.4. The predicted octanol–water partition coefficient (Wildman–Crippen LogP) is 5.35. The van der Waals surface area contributed by atoms with E-state index in [-0.39, 0.29) is 5.69 Å². The van der Waals surface area contributed by atoms with E-state index in [2.05, 4.69) is 10.3 Å². The average Bonchev–Trinajstić information content (AvgIpc) is 3.36. The number of esters is 1. The lowest BCUT2D eigenvalue weighted by Gasteiger charge is -2.13. The zero-order valence-electron chi connectivity index (χ0n) is 15.2. The number of carbonyl (C=O) groups is 2. The van der Waals surface area contributed by atoms with Crippen LogP contribution in [-0.2, 0) is 9.53 Å². The summed E-state index contributed by atoms with van der Waals surface area (Å²) in [5.74, 6) is -1.77. The molecule has 1 N–H and O–H groups in total. The number of nitrogens with one attached hydrogen (secondary N) is 1. The first-order chi connectivity index (χ1) is 14.0.